The number of aromatic nitrogens is 7. The number of rotatable bonds is 4. The molecule has 5 aromatic rings. The highest BCUT2D eigenvalue weighted by atomic mass is 16.5. The lowest BCUT2D eigenvalue weighted by atomic mass is 10.2. The predicted molar refractivity (Wildman–Crippen MR) is 121 cm³/mol. The van der Waals surface area contributed by atoms with E-state index in [1.807, 2.05) is 60.4 Å². The molecule has 0 unspecified atom stereocenters. The second kappa shape index (κ2) is 7.61. The van der Waals surface area contributed by atoms with Crippen LogP contribution in [-0.4, -0.2) is 60.2 Å². The number of ether oxygens (including phenoxy) is 1. The van der Waals surface area contributed by atoms with Crippen LogP contribution in [0.15, 0.2) is 67.1 Å². The number of anilines is 1. The van der Waals surface area contributed by atoms with Crippen molar-refractivity contribution in [1.82, 2.24) is 33.9 Å². The maximum absolute atomic E-state index is 5.57. The minimum absolute atomic E-state index is 0.612. The van der Waals surface area contributed by atoms with E-state index in [9.17, 15) is 0 Å². The van der Waals surface area contributed by atoms with Crippen LogP contribution in [0.1, 0.15) is 0 Å². The van der Waals surface area contributed by atoms with Crippen LogP contribution in [0, 0.1) is 0 Å². The average Bonchev–Trinajstić information content (AvgIpc) is 3.59. The molecule has 1 aliphatic heterocycles. The Labute approximate surface area is 184 Å². The second-order valence-corrected chi connectivity index (χ2v) is 7.75. The summed E-state index contributed by atoms with van der Waals surface area (Å²) in [5.41, 5.74) is 3.57. The van der Waals surface area contributed by atoms with Crippen LogP contribution < -0.4 is 4.90 Å². The third-order valence-electron chi connectivity index (χ3n) is 5.61. The van der Waals surface area contributed by atoms with Gasteiger partial charge in [0, 0.05) is 50.4 Å². The summed E-state index contributed by atoms with van der Waals surface area (Å²) >= 11 is 0. The molecule has 0 atom stereocenters. The summed E-state index contributed by atoms with van der Waals surface area (Å²) in [7, 11) is 1.90. The summed E-state index contributed by atoms with van der Waals surface area (Å²) in [4.78, 5) is 11.9. The van der Waals surface area contributed by atoms with Gasteiger partial charge < -0.3 is 9.64 Å². The summed E-state index contributed by atoms with van der Waals surface area (Å²) in [6.45, 7) is 3.01. The number of morpholine rings is 1. The van der Waals surface area contributed by atoms with E-state index < -0.39 is 0 Å². The Hall–Kier alpha value is -3.98. The lowest BCUT2D eigenvalue weighted by Gasteiger charge is -2.29. The van der Waals surface area contributed by atoms with Crippen LogP contribution in [0.5, 0.6) is 0 Å². The Bertz CT molecular complexity index is 1380. The number of hydrogen-bond donors (Lipinski definition) is 0. The van der Waals surface area contributed by atoms with Gasteiger partial charge in [-0.2, -0.15) is 15.2 Å². The molecule has 1 saturated heterocycles. The van der Waals surface area contributed by atoms with Gasteiger partial charge in [0.25, 0.3) is 0 Å². The first-order valence-corrected chi connectivity index (χ1v) is 10.6. The molecular formula is C23H22N8O. The van der Waals surface area contributed by atoms with Crippen LogP contribution in [-0.2, 0) is 11.8 Å². The van der Waals surface area contributed by atoms with Crippen molar-refractivity contribution in [3.8, 4) is 28.5 Å². The van der Waals surface area contributed by atoms with E-state index in [2.05, 4.69) is 28.2 Å². The number of imidazole rings is 1. The largest absolute Gasteiger partial charge is 0.378 e. The number of aryl methyl sites for hydroxylation is 1. The number of benzene rings is 1. The predicted octanol–water partition coefficient (Wildman–Crippen LogP) is 2.82. The van der Waals surface area contributed by atoms with Crippen molar-refractivity contribution in [1.29, 1.82) is 0 Å². The molecule has 1 fully saturated rings. The van der Waals surface area contributed by atoms with E-state index >= 15 is 0 Å². The smallest absolute Gasteiger partial charge is 0.238 e. The highest BCUT2D eigenvalue weighted by Crippen LogP contribution is 2.25. The van der Waals surface area contributed by atoms with Crippen molar-refractivity contribution in [2.75, 3.05) is 31.2 Å². The molecule has 0 aliphatic carbocycles. The molecule has 5 heterocycles. The molecule has 0 N–H and O–H groups in total. The van der Waals surface area contributed by atoms with Gasteiger partial charge >= 0.3 is 0 Å². The summed E-state index contributed by atoms with van der Waals surface area (Å²) in [5.74, 6) is 2.35. The minimum atomic E-state index is 0.612. The van der Waals surface area contributed by atoms with Crippen molar-refractivity contribution in [3.63, 3.8) is 0 Å². The van der Waals surface area contributed by atoms with Crippen LogP contribution in [0.2, 0.25) is 0 Å². The third kappa shape index (κ3) is 3.32. The number of fused-ring (bicyclic) bond motifs is 1. The maximum atomic E-state index is 5.57. The zero-order valence-corrected chi connectivity index (χ0v) is 17.7. The molecule has 9 heteroatoms. The Morgan fingerprint density at radius 2 is 1.66 bits per heavy atom. The van der Waals surface area contributed by atoms with Gasteiger partial charge in [0.05, 0.1) is 18.9 Å². The first-order valence-electron chi connectivity index (χ1n) is 10.6. The highest BCUT2D eigenvalue weighted by molar-refractivity contribution is 5.62. The van der Waals surface area contributed by atoms with Gasteiger partial charge in [-0.25, -0.2) is 9.67 Å². The summed E-state index contributed by atoms with van der Waals surface area (Å²) in [6.07, 6.45) is 5.85. The van der Waals surface area contributed by atoms with Gasteiger partial charge in [-0.1, -0.05) is 30.3 Å². The first-order chi connectivity index (χ1) is 15.7. The molecule has 0 amide bonds. The monoisotopic (exact) mass is 426 g/mol. The van der Waals surface area contributed by atoms with Gasteiger partial charge in [-0.05, 0) is 12.1 Å². The molecule has 0 bridgehead atoms. The molecule has 4 aromatic heterocycles. The van der Waals surface area contributed by atoms with Crippen LogP contribution in [0.4, 0.5) is 5.82 Å². The molecule has 0 spiro atoms. The molecular weight excluding hydrogens is 404 g/mol. The average molecular weight is 426 g/mol. The molecule has 160 valence electrons. The van der Waals surface area contributed by atoms with Gasteiger partial charge in [-0.3, -0.25) is 9.08 Å². The zero-order chi connectivity index (χ0) is 21.5. The molecule has 9 nitrogen and oxygen atoms in total. The van der Waals surface area contributed by atoms with Gasteiger partial charge in [0.15, 0.2) is 5.82 Å². The summed E-state index contributed by atoms with van der Waals surface area (Å²) in [5, 5.41) is 9.27. The van der Waals surface area contributed by atoms with Crippen molar-refractivity contribution >= 4 is 11.6 Å². The van der Waals surface area contributed by atoms with Crippen LogP contribution in [0.25, 0.3) is 34.2 Å². The normalized spacial score (nSPS) is 14.3. The van der Waals surface area contributed by atoms with E-state index in [0.717, 1.165) is 47.4 Å². The molecule has 6 rings (SSSR count). The highest BCUT2D eigenvalue weighted by Gasteiger charge is 2.19. The van der Waals surface area contributed by atoms with E-state index in [1.165, 1.54) is 0 Å². The van der Waals surface area contributed by atoms with Crippen molar-refractivity contribution < 1.29 is 4.74 Å². The molecule has 1 aromatic carbocycles. The van der Waals surface area contributed by atoms with Gasteiger partial charge in [-0.15, -0.1) is 0 Å². The SMILES string of the molecule is Cn1ccc(-c2cn3c(N4CCOCC4)cc(-n4ccc(-c5ccccc5)n4)nc3n2)n1. The lowest BCUT2D eigenvalue weighted by Crippen LogP contribution is -2.37. The topological polar surface area (TPSA) is 78.3 Å². The first kappa shape index (κ1) is 18.8. The summed E-state index contributed by atoms with van der Waals surface area (Å²) in [6, 6.07) is 16.1. The number of hydrogen-bond acceptors (Lipinski definition) is 6. The minimum Gasteiger partial charge on any atom is -0.378 e. The fourth-order valence-electron chi connectivity index (χ4n) is 3.98. The zero-order valence-electron chi connectivity index (χ0n) is 17.7. The molecule has 1 aliphatic rings. The summed E-state index contributed by atoms with van der Waals surface area (Å²) < 4.78 is 11.2. The second-order valence-electron chi connectivity index (χ2n) is 7.75. The van der Waals surface area contributed by atoms with Gasteiger partial charge in [0.2, 0.25) is 5.78 Å². The standard InChI is InChI=1S/C23H22N8O/c1-28-9-7-19(26-28)20-16-30-22(29-11-13-32-14-12-29)15-21(25-23(30)24-20)31-10-8-18(27-31)17-5-3-2-4-6-17/h2-10,15-16H,11-14H2,1H3. The maximum Gasteiger partial charge on any atom is 0.238 e. The Kier molecular flexibility index (Phi) is 4.46. The Morgan fingerprint density at radius 1 is 0.844 bits per heavy atom. The molecule has 0 saturated carbocycles. The molecule has 32 heavy (non-hydrogen) atoms. The lowest BCUT2D eigenvalue weighted by molar-refractivity contribution is 0.122. The van der Waals surface area contributed by atoms with Crippen molar-refractivity contribution in [2.45, 2.75) is 0 Å². The van der Waals surface area contributed by atoms with E-state index in [-0.39, 0.29) is 0 Å². The van der Waals surface area contributed by atoms with Gasteiger partial charge in [0.1, 0.15) is 17.2 Å². The number of nitrogens with zero attached hydrogens (tertiary/aromatic N) is 8. The Morgan fingerprint density at radius 3 is 2.44 bits per heavy atom. The van der Waals surface area contributed by atoms with Crippen molar-refractivity contribution in [3.05, 3.63) is 67.1 Å². The van der Waals surface area contributed by atoms with Crippen LogP contribution in [0.3, 0.4) is 0 Å². The fourth-order valence-corrected chi connectivity index (χ4v) is 3.98. The Balaban J connectivity index is 1.47. The fraction of sp³-hybridized carbons (Fsp3) is 0.217. The third-order valence-corrected chi connectivity index (χ3v) is 5.61. The van der Waals surface area contributed by atoms with Crippen LogP contribution >= 0.6 is 0 Å². The van der Waals surface area contributed by atoms with E-state index in [0.29, 0.717) is 19.0 Å². The van der Waals surface area contributed by atoms with Crippen molar-refractivity contribution in [2.24, 2.45) is 7.05 Å². The van der Waals surface area contributed by atoms with E-state index in [1.54, 1.807) is 9.36 Å². The molecule has 0 radical (unpaired) electrons. The quantitative estimate of drug-likeness (QED) is 0.440. The van der Waals surface area contributed by atoms with E-state index in [4.69, 9.17) is 19.8 Å².